The fourth-order valence-corrected chi connectivity index (χ4v) is 0.370. The molecule has 1 heteroatoms. The minimum atomic E-state index is 0.838. The van der Waals surface area contributed by atoms with Crippen LogP contribution in [0.3, 0.4) is 0 Å². The second-order valence-corrected chi connectivity index (χ2v) is 1.53. The Bertz CT molecular complexity index is 82.4. The second kappa shape index (κ2) is 6.41. The standard InChI is InChI=1S/C7H13N/c1-3-5-7-8-6-4-2/h3,5-6H,4,7H2,1-2H3. The molecule has 0 radical (unpaired) electrons. The molecular formula is C7H13N. The maximum atomic E-state index is 4.07. The quantitative estimate of drug-likeness (QED) is 0.390. The fraction of sp³-hybridized carbons (Fsp3) is 0.571. The molecule has 8 heavy (non-hydrogen) atoms. The molecule has 0 amide bonds. The van der Waals surface area contributed by atoms with Crippen molar-refractivity contribution >= 4 is 6.21 Å². The highest BCUT2D eigenvalue weighted by atomic mass is 14.7. The van der Waals surface area contributed by atoms with Gasteiger partial charge in [-0.1, -0.05) is 19.1 Å². The third-order valence-electron chi connectivity index (χ3n) is 0.758. The summed E-state index contributed by atoms with van der Waals surface area (Å²) in [4.78, 5) is 4.07. The minimum absolute atomic E-state index is 0.838. The lowest BCUT2D eigenvalue weighted by atomic mass is 10.5. The number of aliphatic imine (C=N–C) groups is 1. The summed E-state index contributed by atoms with van der Waals surface area (Å²) in [5.41, 5.74) is 0. The van der Waals surface area contributed by atoms with Crippen molar-refractivity contribution in [2.45, 2.75) is 20.3 Å². The molecule has 46 valence electrons. The van der Waals surface area contributed by atoms with Gasteiger partial charge < -0.3 is 0 Å². The van der Waals surface area contributed by atoms with Gasteiger partial charge in [0.2, 0.25) is 0 Å². The van der Waals surface area contributed by atoms with Crippen LogP contribution >= 0.6 is 0 Å². The monoisotopic (exact) mass is 111 g/mol. The topological polar surface area (TPSA) is 12.4 Å². The molecule has 0 fully saturated rings. The van der Waals surface area contributed by atoms with Gasteiger partial charge in [0.05, 0.1) is 6.54 Å². The van der Waals surface area contributed by atoms with E-state index in [1.54, 1.807) is 0 Å². The van der Waals surface area contributed by atoms with Crippen LogP contribution in [-0.4, -0.2) is 12.8 Å². The summed E-state index contributed by atoms with van der Waals surface area (Å²) in [6, 6.07) is 0. The van der Waals surface area contributed by atoms with E-state index >= 15 is 0 Å². The van der Waals surface area contributed by atoms with E-state index in [1.807, 2.05) is 25.3 Å². The van der Waals surface area contributed by atoms with E-state index in [4.69, 9.17) is 0 Å². The van der Waals surface area contributed by atoms with Gasteiger partial charge in [0.25, 0.3) is 0 Å². The lowest BCUT2D eigenvalue weighted by Crippen LogP contribution is -1.72. The van der Waals surface area contributed by atoms with Crippen molar-refractivity contribution in [1.82, 2.24) is 0 Å². The van der Waals surface area contributed by atoms with Crippen molar-refractivity contribution in [1.29, 1.82) is 0 Å². The highest BCUT2D eigenvalue weighted by Gasteiger charge is 1.65. The Hall–Kier alpha value is -0.590. The Morgan fingerprint density at radius 2 is 2.25 bits per heavy atom. The van der Waals surface area contributed by atoms with Crippen LogP contribution in [0.1, 0.15) is 20.3 Å². The van der Waals surface area contributed by atoms with Gasteiger partial charge in [-0.15, -0.1) is 0 Å². The van der Waals surface area contributed by atoms with Gasteiger partial charge in [0.15, 0.2) is 0 Å². The minimum Gasteiger partial charge on any atom is -0.293 e. The van der Waals surface area contributed by atoms with Crippen LogP contribution in [-0.2, 0) is 0 Å². The summed E-state index contributed by atoms with van der Waals surface area (Å²) in [6.07, 6.45) is 7.01. The highest BCUT2D eigenvalue weighted by Crippen LogP contribution is 1.73. The first-order valence-corrected chi connectivity index (χ1v) is 3.01. The molecule has 0 N–H and O–H groups in total. The molecule has 0 saturated heterocycles. The zero-order chi connectivity index (χ0) is 6.24. The van der Waals surface area contributed by atoms with Crippen LogP contribution in [0.5, 0.6) is 0 Å². The van der Waals surface area contributed by atoms with Crippen LogP contribution < -0.4 is 0 Å². The lowest BCUT2D eigenvalue weighted by Gasteiger charge is -1.78. The van der Waals surface area contributed by atoms with Gasteiger partial charge in [-0.25, -0.2) is 0 Å². The normalized spacial score (nSPS) is 11.8. The first-order valence-electron chi connectivity index (χ1n) is 3.01. The molecule has 0 aliphatic rings. The van der Waals surface area contributed by atoms with Gasteiger partial charge in [-0.3, -0.25) is 4.99 Å². The van der Waals surface area contributed by atoms with Crippen LogP contribution in [0.4, 0.5) is 0 Å². The predicted molar refractivity (Wildman–Crippen MR) is 38.5 cm³/mol. The molecule has 0 aromatic heterocycles. The summed E-state index contributed by atoms with van der Waals surface area (Å²) in [5, 5.41) is 0. The summed E-state index contributed by atoms with van der Waals surface area (Å²) in [6.45, 7) is 4.92. The van der Waals surface area contributed by atoms with Crippen LogP contribution in [0.2, 0.25) is 0 Å². The van der Waals surface area contributed by atoms with E-state index < -0.39 is 0 Å². The van der Waals surface area contributed by atoms with Crippen molar-refractivity contribution in [3.8, 4) is 0 Å². The van der Waals surface area contributed by atoms with Crippen molar-refractivity contribution in [2.75, 3.05) is 6.54 Å². The van der Waals surface area contributed by atoms with E-state index in [0.29, 0.717) is 0 Å². The molecule has 0 saturated carbocycles. The van der Waals surface area contributed by atoms with Crippen molar-refractivity contribution in [2.24, 2.45) is 4.99 Å². The maximum absolute atomic E-state index is 4.07. The summed E-state index contributed by atoms with van der Waals surface area (Å²) in [7, 11) is 0. The molecule has 0 unspecified atom stereocenters. The van der Waals surface area contributed by atoms with E-state index in [9.17, 15) is 0 Å². The second-order valence-electron chi connectivity index (χ2n) is 1.53. The fourth-order valence-electron chi connectivity index (χ4n) is 0.370. The van der Waals surface area contributed by atoms with Gasteiger partial charge in [0.1, 0.15) is 0 Å². The Kier molecular flexibility index (Phi) is 5.94. The predicted octanol–water partition coefficient (Wildman–Crippen LogP) is 2.04. The molecule has 0 spiro atoms. The van der Waals surface area contributed by atoms with Crippen molar-refractivity contribution in [3.63, 3.8) is 0 Å². The number of hydrogen-bond donors (Lipinski definition) is 0. The molecule has 0 aromatic rings. The summed E-state index contributed by atoms with van der Waals surface area (Å²) in [5.74, 6) is 0. The molecule has 1 nitrogen and oxygen atoms in total. The first-order chi connectivity index (χ1) is 3.91. The van der Waals surface area contributed by atoms with E-state index in [0.717, 1.165) is 13.0 Å². The number of nitrogens with zero attached hydrogens (tertiary/aromatic N) is 1. The van der Waals surface area contributed by atoms with Gasteiger partial charge in [-0.2, -0.15) is 0 Å². The Balaban J connectivity index is 3.03. The lowest BCUT2D eigenvalue weighted by molar-refractivity contribution is 1.21. The van der Waals surface area contributed by atoms with Gasteiger partial charge >= 0.3 is 0 Å². The number of hydrogen-bond acceptors (Lipinski definition) is 1. The van der Waals surface area contributed by atoms with E-state index in [1.165, 1.54) is 0 Å². The molecule has 0 heterocycles. The third kappa shape index (κ3) is 5.41. The SMILES string of the molecule is CC=CCN=CCC. The van der Waals surface area contributed by atoms with Crippen molar-refractivity contribution < 1.29 is 0 Å². The van der Waals surface area contributed by atoms with Crippen LogP contribution in [0.15, 0.2) is 17.1 Å². The molecule has 0 bridgehead atoms. The molecule has 0 rings (SSSR count). The van der Waals surface area contributed by atoms with Crippen LogP contribution in [0, 0.1) is 0 Å². The molecule has 0 aliphatic carbocycles. The average Bonchev–Trinajstić information content (AvgIpc) is 1.81. The number of allylic oxidation sites excluding steroid dienone is 1. The molecule has 0 atom stereocenters. The number of rotatable bonds is 3. The summed E-state index contributed by atoms with van der Waals surface area (Å²) >= 11 is 0. The summed E-state index contributed by atoms with van der Waals surface area (Å²) < 4.78 is 0. The molecular weight excluding hydrogens is 98.1 g/mol. The Morgan fingerprint density at radius 3 is 2.75 bits per heavy atom. The van der Waals surface area contributed by atoms with Crippen LogP contribution in [0.25, 0.3) is 0 Å². The van der Waals surface area contributed by atoms with E-state index in [-0.39, 0.29) is 0 Å². The van der Waals surface area contributed by atoms with Crippen molar-refractivity contribution in [3.05, 3.63) is 12.2 Å². The third-order valence-corrected chi connectivity index (χ3v) is 0.758. The molecule has 0 aromatic carbocycles. The van der Waals surface area contributed by atoms with Gasteiger partial charge in [-0.05, 0) is 19.6 Å². The zero-order valence-corrected chi connectivity index (χ0v) is 5.59. The first kappa shape index (κ1) is 7.41. The highest BCUT2D eigenvalue weighted by molar-refractivity contribution is 5.56. The van der Waals surface area contributed by atoms with E-state index in [2.05, 4.69) is 11.9 Å². The average molecular weight is 111 g/mol. The Labute approximate surface area is 51.1 Å². The maximum Gasteiger partial charge on any atom is 0.0566 e. The Morgan fingerprint density at radius 1 is 1.50 bits per heavy atom. The van der Waals surface area contributed by atoms with Gasteiger partial charge in [0, 0.05) is 0 Å². The smallest absolute Gasteiger partial charge is 0.0566 e. The largest absolute Gasteiger partial charge is 0.293 e. The molecule has 0 aliphatic heterocycles. The zero-order valence-electron chi connectivity index (χ0n) is 5.59.